The van der Waals surface area contributed by atoms with Crippen LogP contribution < -0.4 is 11.1 Å². The molecule has 1 aliphatic carbocycles. The summed E-state index contributed by atoms with van der Waals surface area (Å²) < 4.78 is 0. The van der Waals surface area contributed by atoms with Crippen molar-refractivity contribution in [1.29, 1.82) is 0 Å². The second-order valence-electron chi connectivity index (χ2n) is 5.96. The second kappa shape index (κ2) is 5.18. The number of anilines is 2. The number of benzene rings is 1. The van der Waals surface area contributed by atoms with Crippen LogP contribution >= 0.6 is 23.2 Å². The fourth-order valence-corrected chi connectivity index (χ4v) is 3.37. The van der Waals surface area contributed by atoms with Gasteiger partial charge in [0.15, 0.2) is 0 Å². The largest absolute Gasteiger partial charge is 0.399 e. The molecule has 1 saturated carbocycles. The first-order chi connectivity index (χ1) is 8.37. The van der Waals surface area contributed by atoms with Crippen LogP contribution in [0.3, 0.4) is 0 Å². The summed E-state index contributed by atoms with van der Waals surface area (Å²) in [5, 5.41) is 4.68. The van der Waals surface area contributed by atoms with E-state index in [-0.39, 0.29) is 0 Å². The van der Waals surface area contributed by atoms with Gasteiger partial charge in [0.2, 0.25) is 0 Å². The molecule has 2 nitrogen and oxygen atoms in total. The zero-order chi connectivity index (χ0) is 13.3. The van der Waals surface area contributed by atoms with Crippen LogP contribution in [0.1, 0.15) is 39.5 Å². The smallest absolute Gasteiger partial charge is 0.0722 e. The fourth-order valence-electron chi connectivity index (χ4n) is 2.76. The van der Waals surface area contributed by atoms with E-state index in [0.29, 0.717) is 27.2 Å². The van der Waals surface area contributed by atoms with Gasteiger partial charge in [-0.3, -0.25) is 0 Å². The highest BCUT2D eigenvalue weighted by Crippen LogP contribution is 2.39. The minimum absolute atomic E-state index is 0.392. The lowest BCUT2D eigenvalue weighted by atomic mass is 9.75. The summed E-state index contributed by atoms with van der Waals surface area (Å²) in [4.78, 5) is 0. The molecule has 0 aliphatic heterocycles. The lowest BCUT2D eigenvalue weighted by Gasteiger charge is -2.36. The van der Waals surface area contributed by atoms with Crippen molar-refractivity contribution in [2.75, 3.05) is 11.1 Å². The van der Waals surface area contributed by atoms with Crippen LogP contribution in [0.2, 0.25) is 10.0 Å². The Bertz CT molecular complexity index is 420. The SMILES string of the molecule is CC1(C)CCCC(Nc2c(Cl)cc(N)cc2Cl)C1. The Kier molecular flexibility index (Phi) is 3.98. The number of nitrogens with two attached hydrogens (primary N) is 1. The third-order valence-corrected chi connectivity index (χ3v) is 4.21. The molecule has 1 fully saturated rings. The summed E-state index contributed by atoms with van der Waals surface area (Å²) in [7, 11) is 0. The zero-order valence-electron chi connectivity index (χ0n) is 10.9. The van der Waals surface area contributed by atoms with E-state index in [4.69, 9.17) is 28.9 Å². The number of rotatable bonds is 2. The fraction of sp³-hybridized carbons (Fsp3) is 0.571. The standard InChI is InChI=1S/C14H20Cl2N2/c1-14(2)5-3-4-10(8-14)18-13-11(15)6-9(17)7-12(13)16/h6-7,10,18H,3-5,8,17H2,1-2H3. The highest BCUT2D eigenvalue weighted by atomic mass is 35.5. The van der Waals surface area contributed by atoms with Gasteiger partial charge in [-0.15, -0.1) is 0 Å². The van der Waals surface area contributed by atoms with Crippen molar-refractivity contribution in [3.05, 3.63) is 22.2 Å². The van der Waals surface area contributed by atoms with Crippen LogP contribution in [0.5, 0.6) is 0 Å². The first kappa shape index (κ1) is 13.8. The van der Waals surface area contributed by atoms with Crippen LogP contribution in [-0.4, -0.2) is 6.04 Å². The Labute approximate surface area is 119 Å². The van der Waals surface area contributed by atoms with E-state index in [1.54, 1.807) is 12.1 Å². The lowest BCUT2D eigenvalue weighted by Crippen LogP contribution is -2.31. The molecule has 2 rings (SSSR count). The number of nitrogen functional groups attached to an aromatic ring is 1. The van der Waals surface area contributed by atoms with E-state index >= 15 is 0 Å². The van der Waals surface area contributed by atoms with Crippen molar-refractivity contribution in [3.8, 4) is 0 Å². The Hall–Kier alpha value is -0.600. The summed E-state index contributed by atoms with van der Waals surface area (Å²) in [6.45, 7) is 4.63. The van der Waals surface area contributed by atoms with E-state index in [1.807, 2.05) is 0 Å². The average molecular weight is 287 g/mol. The Morgan fingerprint density at radius 1 is 1.28 bits per heavy atom. The molecule has 0 spiro atoms. The van der Waals surface area contributed by atoms with Crippen LogP contribution in [-0.2, 0) is 0 Å². The molecule has 0 saturated heterocycles. The maximum atomic E-state index is 6.20. The number of halogens is 2. The van der Waals surface area contributed by atoms with Gasteiger partial charge in [0.1, 0.15) is 0 Å². The normalized spacial score (nSPS) is 22.8. The van der Waals surface area contributed by atoms with Crippen molar-refractivity contribution in [3.63, 3.8) is 0 Å². The van der Waals surface area contributed by atoms with Gasteiger partial charge in [0.25, 0.3) is 0 Å². The van der Waals surface area contributed by atoms with Crippen molar-refractivity contribution < 1.29 is 0 Å². The highest BCUT2D eigenvalue weighted by molar-refractivity contribution is 6.39. The topological polar surface area (TPSA) is 38.0 Å². The molecule has 1 atom stereocenters. The van der Waals surface area contributed by atoms with Crippen molar-refractivity contribution in [2.24, 2.45) is 5.41 Å². The predicted molar refractivity (Wildman–Crippen MR) is 80.5 cm³/mol. The van der Waals surface area contributed by atoms with Gasteiger partial charge in [0, 0.05) is 11.7 Å². The number of hydrogen-bond acceptors (Lipinski definition) is 2. The van der Waals surface area contributed by atoms with E-state index in [9.17, 15) is 0 Å². The molecule has 100 valence electrons. The molecular weight excluding hydrogens is 267 g/mol. The summed E-state index contributed by atoms with van der Waals surface area (Å²) >= 11 is 12.4. The van der Waals surface area contributed by atoms with Crippen molar-refractivity contribution >= 4 is 34.6 Å². The van der Waals surface area contributed by atoms with Gasteiger partial charge in [-0.1, -0.05) is 43.5 Å². The maximum absolute atomic E-state index is 6.20. The van der Waals surface area contributed by atoms with E-state index in [1.165, 1.54) is 19.3 Å². The molecule has 0 heterocycles. The molecule has 1 aliphatic rings. The molecule has 0 bridgehead atoms. The Morgan fingerprint density at radius 2 is 1.89 bits per heavy atom. The molecule has 18 heavy (non-hydrogen) atoms. The molecule has 0 radical (unpaired) electrons. The molecule has 0 aromatic heterocycles. The minimum atomic E-state index is 0.392. The number of hydrogen-bond donors (Lipinski definition) is 2. The van der Waals surface area contributed by atoms with Crippen LogP contribution in [0.25, 0.3) is 0 Å². The van der Waals surface area contributed by atoms with Gasteiger partial charge in [0.05, 0.1) is 15.7 Å². The molecular formula is C14H20Cl2N2. The second-order valence-corrected chi connectivity index (χ2v) is 6.78. The van der Waals surface area contributed by atoms with E-state index in [2.05, 4.69) is 19.2 Å². The first-order valence-electron chi connectivity index (χ1n) is 6.38. The summed E-state index contributed by atoms with van der Waals surface area (Å²) in [5.41, 5.74) is 7.51. The van der Waals surface area contributed by atoms with Crippen LogP contribution in [0, 0.1) is 5.41 Å². The third kappa shape index (κ3) is 3.24. The summed E-state index contributed by atoms with van der Waals surface area (Å²) in [6.07, 6.45) is 4.84. The summed E-state index contributed by atoms with van der Waals surface area (Å²) in [5.74, 6) is 0. The van der Waals surface area contributed by atoms with Gasteiger partial charge >= 0.3 is 0 Å². The first-order valence-corrected chi connectivity index (χ1v) is 7.14. The molecule has 4 heteroatoms. The minimum Gasteiger partial charge on any atom is -0.399 e. The van der Waals surface area contributed by atoms with Gasteiger partial charge in [-0.05, 0) is 36.8 Å². The van der Waals surface area contributed by atoms with Crippen LogP contribution in [0.15, 0.2) is 12.1 Å². The maximum Gasteiger partial charge on any atom is 0.0722 e. The predicted octanol–water partition coefficient (Wildman–Crippen LogP) is 4.96. The van der Waals surface area contributed by atoms with Crippen molar-refractivity contribution in [1.82, 2.24) is 0 Å². The quantitative estimate of drug-likeness (QED) is 0.755. The van der Waals surface area contributed by atoms with E-state index < -0.39 is 0 Å². The lowest BCUT2D eigenvalue weighted by molar-refractivity contribution is 0.229. The Morgan fingerprint density at radius 3 is 2.44 bits per heavy atom. The zero-order valence-corrected chi connectivity index (χ0v) is 12.4. The molecule has 3 N–H and O–H groups in total. The average Bonchev–Trinajstić information content (AvgIpc) is 2.22. The van der Waals surface area contributed by atoms with E-state index in [0.717, 1.165) is 12.1 Å². The third-order valence-electron chi connectivity index (χ3n) is 3.62. The highest BCUT2D eigenvalue weighted by Gasteiger charge is 2.28. The van der Waals surface area contributed by atoms with Gasteiger partial charge in [-0.25, -0.2) is 0 Å². The molecule has 1 aromatic rings. The molecule has 1 unspecified atom stereocenters. The van der Waals surface area contributed by atoms with Gasteiger partial charge < -0.3 is 11.1 Å². The molecule has 1 aromatic carbocycles. The monoisotopic (exact) mass is 286 g/mol. The number of nitrogens with one attached hydrogen (secondary N) is 1. The van der Waals surface area contributed by atoms with Crippen LogP contribution in [0.4, 0.5) is 11.4 Å². The van der Waals surface area contributed by atoms with Crippen molar-refractivity contribution in [2.45, 2.75) is 45.6 Å². The molecule has 0 amide bonds. The van der Waals surface area contributed by atoms with Gasteiger partial charge in [-0.2, -0.15) is 0 Å². The Balaban J connectivity index is 2.14. The summed E-state index contributed by atoms with van der Waals surface area (Å²) in [6, 6.07) is 3.92.